The Morgan fingerprint density at radius 3 is 2.45 bits per heavy atom. The topological polar surface area (TPSA) is 110 Å². The van der Waals surface area contributed by atoms with Crippen molar-refractivity contribution in [3.8, 4) is 0 Å². The molecule has 0 aliphatic heterocycles. The fraction of sp³-hybridized carbons (Fsp3) is 0.231. The Hall–Kier alpha value is -2.38. The van der Waals surface area contributed by atoms with Crippen molar-refractivity contribution >= 4 is 5.97 Å². The number of nitrogens with zero attached hydrogens (tertiary/aromatic N) is 2. The number of hydrogen-bond acceptors (Lipinski definition) is 4. The van der Waals surface area contributed by atoms with Gasteiger partial charge in [0.05, 0.1) is 0 Å². The molecule has 0 bridgehead atoms. The minimum absolute atomic E-state index is 0.315. The van der Waals surface area contributed by atoms with E-state index in [1.807, 2.05) is 0 Å². The predicted molar refractivity (Wildman–Crippen MR) is 67.5 cm³/mol. The summed E-state index contributed by atoms with van der Waals surface area (Å²) in [4.78, 5) is 10.6. The molecule has 0 amide bonds. The molecule has 2 atom stereocenters. The Kier molecular flexibility index (Phi) is 4.02. The van der Waals surface area contributed by atoms with E-state index in [-0.39, 0.29) is 0 Å². The Balaban J connectivity index is 2.08. The Labute approximate surface area is 114 Å². The highest BCUT2D eigenvalue weighted by Crippen LogP contribution is 2.18. The monoisotopic (exact) mass is 278 g/mol. The number of aliphatic carboxylic acids is 1. The molecule has 3 N–H and O–H groups in total. The zero-order valence-electron chi connectivity index (χ0n) is 10.5. The van der Waals surface area contributed by atoms with Crippen LogP contribution in [0.1, 0.15) is 17.2 Å². The van der Waals surface area contributed by atoms with Gasteiger partial charge in [-0.1, -0.05) is 24.3 Å². The molecule has 0 fully saturated rings. The number of carboxylic acids is 1. The lowest BCUT2D eigenvalue weighted by atomic mass is 10.0. The van der Waals surface area contributed by atoms with E-state index < -0.39 is 18.2 Å². The summed E-state index contributed by atoms with van der Waals surface area (Å²) in [5.41, 5.74) is 1.19. The maximum Gasteiger partial charge on any atom is 0.335 e. The van der Waals surface area contributed by atoms with Gasteiger partial charge in [0.25, 0.3) is 0 Å². The highest BCUT2D eigenvalue weighted by molar-refractivity contribution is 5.73. The first-order chi connectivity index (χ1) is 9.47. The molecule has 0 radical (unpaired) electrons. The molecule has 0 saturated heterocycles. The molecule has 1 aromatic carbocycles. The SMILES string of the molecule is O=C(O)C(O)C(O)c1ccc(Cn2cc[n+]([O-])c2)cc1. The van der Waals surface area contributed by atoms with Gasteiger partial charge in [0.1, 0.15) is 25.0 Å². The van der Waals surface area contributed by atoms with E-state index in [1.165, 1.54) is 12.5 Å². The quantitative estimate of drug-likeness (QED) is 0.511. The summed E-state index contributed by atoms with van der Waals surface area (Å²) in [5.74, 6) is -1.48. The maximum absolute atomic E-state index is 10.9. The van der Waals surface area contributed by atoms with E-state index in [0.29, 0.717) is 16.8 Å². The van der Waals surface area contributed by atoms with Gasteiger partial charge in [-0.15, -0.1) is 0 Å². The van der Waals surface area contributed by atoms with Crippen LogP contribution in [0.15, 0.2) is 43.0 Å². The third-order valence-corrected chi connectivity index (χ3v) is 2.91. The lowest BCUT2D eigenvalue weighted by Gasteiger charge is -2.14. The van der Waals surface area contributed by atoms with Crippen LogP contribution < -0.4 is 4.73 Å². The molecule has 0 aliphatic carbocycles. The Morgan fingerprint density at radius 2 is 1.95 bits per heavy atom. The molecule has 106 valence electrons. The summed E-state index contributed by atoms with van der Waals surface area (Å²) in [6.07, 6.45) is 1.06. The minimum Gasteiger partial charge on any atom is -0.711 e. The van der Waals surface area contributed by atoms with Gasteiger partial charge in [-0.25, -0.2) is 14.1 Å². The third-order valence-electron chi connectivity index (χ3n) is 2.91. The maximum atomic E-state index is 10.9. The standard InChI is InChI=1S/C13H14N2O5/c16-11(12(17)13(18)19)10-3-1-9(2-4-10)7-14-5-6-15(20)8-14/h1-6,8,11-12,16-17H,7H2,(H,18,19). The van der Waals surface area contributed by atoms with Crippen LogP contribution in [0, 0.1) is 5.21 Å². The van der Waals surface area contributed by atoms with Gasteiger partial charge in [-0.05, 0) is 11.1 Å². The van der Waals surface area contributed by atoms with Crippen LogP contribution in [-0.2, 0) is 11.3 Å². The number of rotatable bonds is 5. The summed E-state index contributed by atoms with van der Waals surface area (Å²) in [6, 6.07) is 6.48. The van der Waals surface area contributed by atoms with Gasteiger partial charge >= 0.3 is 5.97 Å². The van der Waals surface area contributed by atoms with Crippen LogP contribution >= 0.6 is 0 Å². The molecule has 7 heteroatoms. The van der Waals surface area contributed by atoms with Crippen molar-refractivity contribution in [1.82, 2.24) is 4.57 Å². The van der Waals surface area contributed by atoms with Crippen LogP contribution in [0.5, 0.6) is 0 Å². The molecular weight excluding hydrogens is 264 g/mol. The van der Waals surface area contributed by atoms with E-state index in [0.717, 1.165) is 5.56 Å². The fourth-order valence-corrected chi connectivity index (χ4v) is 1.82. The highest BCUT2D eigenvalue weighted by Gasteiger charge is 2.24. The fourth-order valence-electron chi connectivity index (χ4n) is 1.82. The molecule has 20 heavy (non-hydrogen) atoms. The van der Waals surface area contributed by atoms with Gasteiger partial charge < -0.3 is 20.5 Å². The normalized spacial score (nSPS) is 13.9. The molecular formula is C13H14N2O5. The highest BCUT2D eigenvalue weighted by atomic mass is 16.5. The second-order valence-electron chi connectivity index (χ2n) is 4.42. The molecule has 1 aromatic heterocycles. The van der Waals surface area contributed by atoms with Crippen molar-refractivity contribution in [3.63, 3.8) is 0 Å². The average molecular weight is 278 g/mol. The van der Waals surface area contributed by atoms with Crippen molar-refractivity contribution < 1.29 is 24.8 Å². The zero-order valence-corrected chi connectivity index (χ0v) is 10.5. The van der Waals surface area contributed by atoms with Gasteiger partial charge in [0, 0.05) is 0 Å². The number of carbonyl (C=O) groups is 1. The molecule has 2 aromatic rings. The molecule has 0 aliphatic rings. The summed E-state index contributed by atoms with van der Waals surface area (Å²) in [5, 5.41) is 38.5. The van der Waals surface area contributed by atoms with Crippen LogP contribution in [-0.4, -0.2) is 32.0 Å². The largest absolute Gasteiger partial charge is 0.711 e. The van der Waals surface area contributed by atoms with Crippen LogP contribution in [0.3, 0.4) is 0 Å². The van der Waals surface area contributed by atoms with E-state index in [1.54, 1.807) is 35.0 Å². The number of imidazole rings is 1. The lowest BCUT2D eigenvalue weighted by molar-refractivity contribution is -0.604. The molecule has 7 nitrogen and oxygen atoms in total. The first-order valence-electron chi connectivity index (χ1n) is 5.89. The molecule has 0 spiro atoms. The van der Waals surface area contributed by atoms with Crippen molar-refractivity contribution in [2.24, 2.45) is 0 Å². The molecule has 2 rings (SSSR count). The van der Waals surface area contributed by atoms with Crippen LogP contribution in [0.2, 0.25) is 0 Å². The van der Waals surface area contributed by atoms with Crippen LogP contribution in [0.25, 0.3) is 0 Å². The first kappa shape index (κ1) is 14.0. The summed E-state index contributed by atoms with van der Waals surface area (Å²) in [7, 11) is 0. The molecule has 2 unspecified atom stereocenters. The number of aliphatic hydroxyl groups excluding tert-OH is 2. The minimum atomic E-state index is -1.86. The smallest absolute Gasteiger partial charge is 0.335 e. The van der Waals surface area contributed by atoms with Crippen molar-refractivity contribution in [2.75, 3.05) is 0 Å². The number of carboxylic acid groups (broad SMARTS) is 1. The number of aromatic nitrogens is 2. The van der Waals surface area contributed by atoms with Gasteiger partial charge in [0.15, 0.2) is 6.10 Å². The first-order valence-corrected chi connectivity index (χ1v) is 5.89. The van der Waals surface area contributed by atoms with Gasteiger partial charge in [-0.3, -0.25) is 0 Å². The molecule has 0 saturated carbocycles. The number of aliphatic hydroxyl groups is 2. The van der Waals surface area contributed by atoms with E-state index >= 15 is 0 Å². The second kappa shape index (κ2) is 5.72. The summed E-state index contributed by atoms with van der Waals surface area (Å²) >= 11 is 0. The average Bonchev–Trinajstić information content (AvgIpc) is 2.83. The van der Waals surface area contributed by atoms with Crippen molar-refractivity contribution in [3.05, 3.63) is 59.3 Å². The Morgan fingerprint density at radius 1 is 1.30 bits per heavy atom. The third kappa shape index (κ3) is 3.14. The van der Waals surface area contributed by atoms with E-state index in [9.17, 15) is 20.2 Å². The van der Waals surface area contributed by atoms with Crippen molar-refractivity contribution in [1.29, 1.82) is 0 Å². The summed E-state index contributed by atoms with van der Waals surface area (Å²) < 4.78 is 2.37. The predicted octanol–water partition coefficient (Wildman–Crippen LogP) is -0.351. The zero-order chi connectivity index (χ0) is 14.7. The second-order valence-corrected chi connectivity index (χ2v) is 4.42. The van der Waals surface area contributed by atoms with E-state index in [2.05, 4.69) is 0 Å². The summed E-state index contributed by atoms with van der Waals surface area (Å²) in [6.45, 7) is 0.479. The van der Waals surface area contributed by atoms with E-state index in [4.69, 9.17) is 5.11 Å². The Bertz CT molecular complexity index is 593. The van der Waals surface area contributed by atoms with Crippen molar-refractivity contribution in [2.45, 2.75) is 18.8 Å². The van der Waals surface area contributed by atoms with Gasteiger partial charge in [0.2, 0.25) is 6.33 Å². The molecule has 1 heterocycles. The van der Waals surface area contributed by atoms with Crippen LogP contribution in [0.4, 0.5) is 0 Å². The number of hydrogen-bond donors (Lipinski definition) is 3. The lowest BCUT2D eigenvalue weighted by Crippen LogP contribution is -2.27. The number of benzene rings is 1. The van der Waals surface area contributed by atoms with Gasteiger partial charge in [-0.2, -0.15) is 0 Å².